The van der Waals surface area contributed by atoms with Gasteiger partial charge in [0.15, 0.2) is 144 Å². The first-order valence-electron chi connectivity index (χ1n) is 45.6. The largest absolute Gasteiger partial charge is 0.486 e. The van der Waals surface area contributed by atoms with E-state index in [9.17, 15) is 73.9 Å². The van der Waals surface area contributed by atoms with Crippen molar-refractivity contribution < 1.29 is 159 Å². The summed E-state index contributed by atoms with van der Waals surface area (Å²) in [5.41, 5.74) is 7.02. The number of rotatable bonds is 22. The Morgan fingerprint density at radius 2 is 0.664 bits per heavy atom. The molecule has 0 saturated carbocycles. The van der Waals surface area contributed by atoms with Crippen LogP contribution < -0.4 is 81.5 Å². The molecule has 0 bridgehead atoms. The van der Waals surface area contributed by atoms with Crippen molar-refractivity contribution in [3.8, 4) is 92.0 Å². The molecule has 8 aromatic rings. The summed E-state index contributed by atoms with van der Waals surface area (Å²) in [5, 5.41) is 59.8. The van der Waals surface area contributed by atoms with E-state index in [2.05, 4.69) is 29.9 Å². The van der Waals surface area contributed by atoms with Gasteiger partial charge in [0.05, 0.1) is 53.4 Å². The number of nitrogens with zero attached hydrogens (tertiary/aromatic N) is 2. The van der Waals surface area contributed by atoms with Crippen LogP contribution in [0.3, 0.4) is 0 Å². The third kappa shape index (κ3) is 28.3. The van der Waals surface area contributed by atoms with Crippen LogP contribution in [0.25, 0.3) is 0 Å². The van der Waals surface area contributed by atoms with Crippen LogP contribution in [0, 0.1) is 76.1 Å². The highest BCUT2D eigenvalue weighted by atomic mass is 79.9. The van der Waals surface area contributed by atoms with Crippen LogP contribution in [0.4, 0.5) is 35.1 Å². The molecule has 2 fully saturated rings. The fourth-order valence-electron chi connectivity index (χ4n) is 15.4. The summed E-state index contributed by atoms with van der Waals surface area (Å²) < 4.78 is 222. The molecule has 18 rings (SSSR count). The molecule has 10 heterocycles. The molecule has 0 amide bonds. The van der Waals surface area contributed by atoms with Crippen LogP contribution in [0.1, 0.15) is 156 Å². The summed E-state index contributed by atoms with van der Waals surface area (Å²) in [5.74, 6) is -1.69. The summed E-state index contributed by atoms with van der Waals surface area (Å²) in [7, 11) is -3.61. The second kappa shape index (κ2) is 51.6. The molecule has 5 unspecified atom stereocenters. The number of ether oxygens (including phenoxy) is 16. The Balaban J connectivity index is 0.000000151. The number of halogens is 9. The van der Waals surface area contributed by atoms with E-state index in [1.807, 2.05) is 27.7 Å². The monoisotopic (exact) mass is 2020 g/mol. The zero-order chi connectivity index (χ0) is 98.7. The lowest BCUT2D eigenvalue weighted by Gasteiger charge is -2.26. The minimum Gasteiger partial charge on any atom is -0.486 e. The van der Waals surface area contributed by atoms with Crippen molar-refractivity contribution in [2.75, 3.05) is 164 Å². The topological polar surface area (TPSA) is 362 Å². The fraction of sp³-hybridized carbons (Fsp3) is 0.500. The van der Waals surface area contributed by atoms with Crippen molar-refractivity contribution in [1.29, 1.82) is 0 Å². The highest BCUT2D eigenvalue weighted by Crippen LogP contribution is 2.46. The van der Waals surface area contributed by atoms with Crippen molar-refractivity contribution >= 4 is 31.8 Å². The molecular formula is C98H120BrF8N3O26S. The van der Waals surface area contributed by atoms with E-state index < -0.39 is 99.2 Å². The van der Waals surface area contributed by atoms with E-state index >= 15 is 0 Å². The Morgan fingerprint density at radius 1 is 0.372 bits per heavy atom. The minimum atomic E-state index is -3.61. The van der Waals surface area contributed by atoms with Gasteiger partial charge in [-0.2, -0.15) is 8.42 Å². The number of aliphatic hydroxyl groups excluding tert-OH is 6. The van der Waals surface area contributed by atoms with E-state index in [0.717, 1.165) is 58.2 Å². The number of para-hydroxylation sites is 1. The SMILES string of the molecule is CC[C@@H](C)C(=O)c1ccc2c(c1F)OCCO2.CC[C@@H](C)C(O)c1ccc2c(c1F)OCCO2.C[C@H](CN1CCCC1)C(O)c1ccc2c(c1F)OCCO2.C[C@H](CO)C(O)c1ccc2c(c1F)OCCO2.C[C@H](COS(C)(=O)=O)C(O)c1ccc2c(c1F)OCCO2.Fc1c(Br)ccc2c1OCCO2.Fc1cccc2c1OCCO2.N[C@H](CN1CCCC1)C(O)c1ccc2c(c1F)OCCO2. The molecule has 137 heavy (non-hydrogen) atoms. The van der Waals surface area contributed by atoms with E-state index in [1.54, 1.807) is 87.5 Å². The quantitative estimate of drug-likeness (QED) is 0.0188. The Bertz CT molecular complexity index is 5250. The molecular weight excluding hydrogens is 1900 g/mol. The molecule has 752 valence electrons. The van der Waals surface area contributed by atoms with Gasteiger partial charge in [-0.25, -0.2) is 35.1 Å². The Morgan fingerprint density at radius 3 is 1.01 bits per heavy atom. The van der Waals surface area contributed by atoms with Crippen molar-refractivity contribution in [3.63, 3.8) is 0 Å². The van der Waals surface area contributed by atoms with Gasteiger partial charge < -0.3 is 122 Å². The zero-order valence-electron chi connectivity index (χ0n) is 77.5. The summed E-state index contributed by atoms with van der Waals surface area (Å²) in [6, 6.07) is 26.1. The van der Waals surface area contributed by atoms with Crippen molar-refractivity contribution in [2.24, 2.45) is 35.3 Å². The van der Waals surface area contributed by atoms with Gasteiger partial charge in [0, 0.05) is 71.3 Å². The second-order valence-corrected chi connectivity index (χ2v) is 36.1. The molecule has 11 atom stereocenters. The van der Waals surface area contributed by atoms with E-state index in [1.165, 1.54) is 49.2 Å². The molecule has 0 aliphatic carbocycles. The number of benzene rings is 8. The van der Waals surface area contributed by atoms with Gasteiger partial charge in [0.25, 0.3) is 10.1 Å². The van der Waals surface area contributed by atoms with Gasteiger partial charge in [0.2, 0.25) is 0 Å². The summed E-state index contributed by atoms with van der Waals surface area (Å²) in [6.45, 7) is 23.8. The van der Waals surface area contributed by atoms with Gasteiger partial charge in [-0.05, 0) is 183 Å². The number of Topliss-reactive ketones (excluding diaryl/α,β-unsaturated/α-hetero) is 1. The number of fused-ring (bicyclic) bond motifs is 8. The molecule has 8 N–H and O–H groups in total. The molecule has 2 saturated heterocycles. The summed E-state index contributed by atoms with van der Waals surface area (Å²) >= 11 is 3.06. The van der Waals surface area contributed by atoms with Gasteiger partial charge in [-0.15, -0.1) is 0 Å². The lowest BCUT2D eigenvalue weighted by molar-refractivity contribution is 0.0728. The Kier molecular flexibility index (Phi) is 40.3. The highest BCUT2D eigenvalue weighted by Gasteiger charge is 2.35. The molecule has 0 aromatic heterocycles. The van der Waals surface area contributed by atoms with Crippen molar-refractivity contribution in [2.45, 2.75) is 124 Å². The maximum atomic E-state index is 14.5. The molecule has 0 spiro atoms. The number of hydrogen-bond acceptors (Lipinski definition) is 29. The average molecular weight is 2020 g/mol. The maximum absolute atomic E-state index is 14.5. The van der Waals surface area contributed by atoms with Crippen LogP contribution >= 0.6 is 15.9 Å². The third-order valence-corrected chi connectivity index (χ3v) is 24.7. The third-order valence-electron chi connectivity index (χ3n) is 23.5. The van der Waals surface area contributed by atoms with Crippen LogP contribution in [-0.4, -0.2) is 225 Å². The van der Waals surface area contributed by atoms with E-state index in [-0.39, 0.29) is 129 Å². The molecule has 39 heteroatoms. The number of carbonyl (C=O) groups is 1. The normalized spacial score (nSPS) is 17.9. The lowest BCUT2D eigenvalue weighted by Crippen LogP contribution is -2.40. The van der Waals surface area contributed by atoms with Crippen LogP contribution in [0.5, 0.6) is 92.0 Å². The molecule has 29 nitrogen and oxygen atoms in total. The first-order chi connectivity index (χ1) is 65.7. The fourth-order valence-corrected chi connectivity index (χ4v) is 16.2. The lowest BCUT2D eigenvalue weighted by atomic mass is 9.94. The Labute approximate surface area is 799 Å². The van der Waals surface area contributed by atoms with Crippen LogP contribution in [0.2, 0.25) is 0 Å². The summed E-state index contributed by atoms with van der Waals surface area (Å²) in [4.78, 5) is 16.5. The van der Waals surface area contributed by atoms with Crippen molar-refractivity contribution in [1.82, 2.24) is 9.80 Å². The van der Waals surface area contributed by atoms with E-state index in [4.69, 9.17) is 86.6 Å². The molecule has 10 aliphatic rings. The first-order valence-corrected chi connectivity index (χ1v) is 48.2. The second-order valence-electron chi connectivity index (χ2n) is 33.6. The molecule has 10 aliphatic heterocycles. The number of hydrogen-bond donors (Lipinski definition) is 7. The number of ketones is 1. The number of nitrogens with two attached hydrogens (primary N) is 1. The first kappa shape index (κ1) is 107. The highest BCUT2D eigenvalue weighted by molar-refractivity contribution is 9.10. The van der Waals surface area contributed by atoms with Gasteiger partial charge >= 0.3 is 0 Å². The van der Waals surface area contributed by atoms with Gasteiger partial charge in [0.1, 0.15) is 106 Å². The van der Waals surface area contributed by atoms with Gasteiger partial charge in [-0.3, -0.25) is 8.98 Å². The Hall–Kier alpha value is -10.3. The average Bonchev–Trinajstić information content (AvgIpc) is 1.34. The number of carbonyl (C=O) groups excluding carboxylic acids is 1. The maximum Gasteiger partial charge on any atom is 0.264 e. The van der Waals surface area contributed by atoms with Crippen LogP contribution in [-0.2, 0) is 14.3 Å². The number of likely N-dealkylation sites (tertiary alicyclic amines) is 2. The molecule has 0 radical (unpaired) electrons. The van der Waals surface area contributed by atoms with E-state index in [0.29, 0.717) is 162 Å². The van der Waals surface area contributed by atoms with Gasteiger partial charge in [-0.1, -0.05) is 61.0 Å². The predicted octanol–water partition coefficient (Wildman–Crippen LogP) is 15.4. The smallest absolute Gasteiger partial charge is 0.264 e. The summed E-state index contributed by atoms with van der Waals surface area (Å²) in [6.07, 6.45) is 2.14. The standard InChI is InChI=1S/C16H22FNO3.C15H21FN2O3.C13H17FO6S.C13H17FO3.C13H15FO3.C12H15FO4.C8H6BrFO2.C8H7FO2/c1-11(10-18-6-2-3-7-18)15(19)12-4-5-13-16(14(12)17)21-9-8-20-13;16-13-10(3-4-12-15(13)21-8-7-20-12)14(19)11(17)9-18-5-1-2-6-18;1-8(7-20-21(2,16)17)12(15)9-3-4-10-13(11(9)14)19-6-5-18-10;2*1-3-8(2)12(15)9-4-5-10-13(11(9)14)17-7-6-16-10;1-7(6-14)11(15)8-2-3-9-12(10(8)13)17-5-4-16-9;9-5-1-2-6-8(7(5)10)12-4-3-11-6;9-6-2-1-3-7-8(6)11-5-4-10-7/h4-5,11,15,19H,2-3,6-10H2,1H3;3-4,11,14,19H,1-2,5-9,17H2;3-4,8,12,15H,5-7H2,1-2H3;4-5,8,12,15H,3,6-7H2,1-2H3;4-5,8H,3,6-7H2,1-2H3;2-3,7,11,14-15H,4-6H2,1H3;1-2H,3-4H2;1-3H,4-5H2/t11-,15?;11-,14?;2*8-,12?;8-;7-,11?;;/m111111../s1. The van der Waals surface area contributed by atoms with Crippen molar-refractivity contribution in [3.05, 3.63) is 188 Å². The minimum absolute atomic E-state index is 0.00654. The predicted molar refractivity (Wildman–Crippen MR) is 490 cm³/mol. The molecule has 8 aromatic carbocycles. The number of aliphatic hydroxyl groups is 6. The zero-order valence-corrected chi connectivity index (χ0v) is 79.9. The van der Waals surface area contributed by atoms with Crippen LogP contribution in [0.15, 0.2) is 108 Å².